The van der Waals surface area contributed by atoms with E-state index < -0.39 is 0 Å². The average molecular weight is 323 g/mol. The summed E-state index contributed by atoms with van der Waals surface area (Å²) in [6.07, 6.45) is 3.28. The highest BCUT2D eigenvalue weighted by atomic mass is 32.1. The van der Waals surface area contributed by atoms with Crippen LogP contribution in [0.1, 0.15) is 5.76 Å². The molecule has 23 heavy (non-hydrogen) atoms. The first kappa shape index (κ1) is 13.8. The molecule has 0 radical (unpaired) electrons. The van der Waals surface area contributed by atoms with Crippen LogP contribution >= 0.6 is 11.3 Å². The minimum atomic E-state index is 0.682. The number of para-hydroxylation sites is 1. The molecule has 0 bridgehead atoms. The molecule has 0 aliphatic rings. The topological polar surface area (TPSA) is 55.9 Å². The summed E-state index contributed by atoms with van der Waals surface area (Å²) in [5.41, 5.74) is 1.71. The fourth-order valence-electron chi connectivity index (χ4n) is 2.32. The zero-order valence-electron chi connectivity index (χ0n) is 12.3. The number of furan rings is 2. The van der Waals surface area contributed by atoms with Gasteiger partial charge >= 0.3 is 0 Å². The van der Waals surface area contributed by atoms with Gasteiger partial charge in [0.1, 0.15) is 17.0 Å². The Morgan fingerprint density at radius 2 is 2.09 bits per heavy atom. The highest BCUT2D eigenvalue weighted by Gasteiger charge is 2.12. The number of aromatic nitrogens is 1. The van der Waals surface area contributed by atoms with E-state index in [1.807, 2.05) is 47.8 Å². The van der Waals surface area contributed by atoms with E-state index in [-0.39, 0.29) is 0 Å². The average Bonchev–Trinajstić information content (AvgIpc) is 3.30. The predicted molar refractivity (Wildman–Crippen MR) is 90.7 cm³/mol. The first-order valence-electron chi connectivity index (χ1n) is 7.05. The van der Waals surface area contributed by atoms with E-state index in [1.54, 1.807) is 24.2 Å². The van der Waals surface area contributed by atoms with Crippen molar-refractivity contribution in [1.82, 2.24) is 4.68 Å². The Kier molecular flexibility index (Phi) is 3.44. The van der Waals surface area contributed by atoms with Crippen LogP contribution in [0, 0.1) is 0 Å². The van der Waals surface area contributed by atoms with Gasteiger partial charge in [-0.3, -0.25) is 4.99 Å². The predicted octanol–water partition coefficient (Wildman–Crippen LogP) is 3.97. The van der Waals surface area contributed by atoms with Gasteiger partial charge in [0.05, 0.1) is 12.5 Å². The number of hydrogen-bond donors (Lipinski definition) is 0. The molecule has 1 aromatic carbocycles. The van der Waals surface area contributed by atoms with Crippen LogP contribution in [0.3, 0.4) is 0 Å². The highest BCUT2D eigenvalue weighted by Crippen LogP contribution is 2.28. The van der Waals surface area contributed by atoms with Crippen molar-refractivity contribution >= 4 is 28.5 Å². The summed E-state index contributed by atoms with van der Waals surface area (Å²) in [6.45, 7) is 0. The molecule has 0 N–H and O–H groups in total. The first-order valence-corrected chi connectivity index (χ1v) is 7.93. The van der Waals surface area contributed by atoms with Gasteiger partial charge in [-0.1, -0.05) is 18.2 Å². The summed E-state index contributed by atoms with van der Waals surface area (Å²) in [7, 11) is 1.74. The molecule has 6 heteroatoms. The Morgan fingerprint density at radius 1 is 1.17 bits per heavy atom. The van der Waals surface area contributed by atoms with Gasteiger partial charge in [-0.25, -0.2) is 4.68 Å². The van der Waals surface area contributed by atoms with Gasteiger partial charge in [0.25, 0.3) is 0 Å². The lowest BCUT2D eigenvalue weighted by molar-refractivity contribution is 0.559. The van der Waals surface area contributed by atoms with Crippen molar-refractivity contribution in [2.24, 2.45) is 10.1 Å². The van der Waals surface area contributed by atoms with Crippen LogP contribution in [-0.4, -0.2) is 17.9 Å². The molecule has 0 amide bonds. The second-order valence-corrected chi connectivity index (χ2v) is 5.68. The summed E-state index contributed by atoms with van der Waals surface area (Å²) in [4.78, 5) is 5.05. The standard InChI is InChI=1S/C17H13N3O2S/c1-18-17-20(19-10-13-6-4-8-21-13)14(11-23-17)16-9-12-5-2-3-7-15(12)22-16/h2-11H,1H3. The number of rotatable bonds is 3. The summed E-state index contributed by atoms with van der Waals surface area (Å²) in [5.74, 6) is 1.44. The van der Waals surface area contributed by atoms with Crippen molar-refractivity contribution < 1.29 is 8.83 Å². The van der Waals surface area contributed by atoms with Gasteiger partial charge in [0, 0.05) is 17.8 Å². The van der Waals surface area contributed by atoms with Gasteiger partial charge < -0.3 is 8.83 Å². The zero-order chi connectivity index (χ0) is 15.6. The molecule has 0 aliphatic carbocycles. The maximum absolute atomic E-state index is 5.94. The highest BCUT2D eigenvalue weighted by molar-refractivity contribution is 7.07. The first-order chi connectivity index (χ1) is 11.3. The van der Waals surface area contributed by atoms with Gasteiger partial charge in [0.15, 0.2) is 5.76 Å². The maximum atomic E-state index is 5.94. The Hall–Kier alpha value is -2.86. The van der Waals surface area contributed by atoms with Crippen LogP contribution in [0.5, 0.6) is 0 Å². The molecule has 3 heterocycles. The van der Waals surface area contributed by atoms with Crippen LogP contribution < -0.4 is 4.80 Å². The summed E-state index contributed by atoms with van der Waals surface area (Å²) in [6, 6.07) is 13.6. The zero-order valence-corrected chi connectivity index (χ0v) is 13.2. The maximum Gasteiger partial charge on any atom is 0.206 e. The second-order valence-electron chi connectivity index (χ2n) is 4.85. The van der Waals surface area contributed by atoms with Gasteiger partial charge in [0.2, 0.25) is 4.80 Å². The normalized spacial score (nSPS) is 12.7. The Morgan fingerprint density at radius 3 is 2.87 bits per heavy atom. The van der Waals surface area contributed by atoms with Crippen molar-refractivity contribution in [3.8, 4) is 11.5 Å². The minimum absolute atomic E-state index is 0.682. The van der Waals surface area contributed by atoms with Crippen molar-refractivity contribution in [2.75, 3.05) is 7.05 Å². The van der Waals surface area contributed by atoms with E-state index in [0.717, 1.165) is 27.2 Å². The van der Waals surface area contributed by atoms with E-state index in [0.29, 0.717) is 5.76 Å². The van der Waals surface area contributed by atoms with Crippen LogP contribution in [0.4, 0.5) is 0 Å². The van der Waals surface area contributed by atoms with Crippen molar-refractivity contribution in [3.05, 3.63) is 64.7 Å². The van der Waals surface area contributed by atoms with E-state index in [1.165, 1.54) is 11.3 Å². The fraction of sp³-hybridized carbons (Fsp3) is 0.0588. The molecule has 0 saturated carbocycles. The Labute approximate surface area is 135 Å². The van der Waals surface area contributed by atoms with Crippen molar-refractivity contribution in [2.45, 2.75) is 0 Å². The van der Waals surface area contributed by atoms with Crippen molar-refractivity contribution in [3.63, 3.8) is 0 Å². The van der Waals surface area contributed by atoms with Crippen molar-refractivity contribution in [1.29, 1.82) is 0 Å². The molecular formula is C17H13N3O2S. The minimum Gasteiger partial charge on any atom is -0.463 e. The summed E-state index contributed by atoms with van der Waals surface area (Å²) in [5, 5.41) is 7.53. The third kappa shape index (κ3) is 2.53. The number of hydrogen-bond acceptors (Lipinski definition) is 5. The van der Waals surface area contributed by atoms with Gasteiger partial charge in [-0.2, -0.15) is 5.10 Å². The number of nitrogens with zero attached hydrogens (tertiary/aromatic N) is 3. The molecular weight excluding hydrogens is 310 g/mol. The monoisotopic (exact) mass is 323 g/mol. The smallest absolute Gasteiger partial charge is 0.206 e. The molecule has 3 aromatic heterocycles. The summed E-state index contributed by atoms with van der Waals surface area (Å²) >= 11 is 1.51. The molecule has 0 atom stereocenters. The molecule has 0 unspecified atom stereocenters. The lowest BCUT2D eigenvalue weighted by atomic mass is 10.2. The third-order valence-electron chi connectivity index (χ3n) is 3.40. The molecule has 4 aromatic rings. The third-order valence-corrected chi connectivity index (χ3v) is 4.31. The van der Waals surface area contributed by atoms with Crippen LogP contribution in [0.15, 0.2) is 73.0 Å². The van der Waals surface area contributed by atoms with Crippen LogP contribution in [0.2, 0.25) is 0 Å². The van der Waals surface area contributed by atoms with Crippen LogP contribution in [-0.2, 0) is 0 Å². The van der Waals surface area contributed by atoms with Gasteiger partial charge in [-0.15, -0.1) is 11.3 Å². The summed E-state index contributed by atoms with van der Waals surface area (Å²) < 4.78 is 13.0. The molecule has 4 rings (SSSR count). The lowest BCUT2D eigenvalue weighted by Gasteiger charge is -1.99. The Bertz CT molecular complexity index is 1000. The Balaban J connectivity index is 1.84. The molecule has 0 saturated heterocycles. The molecule has 5 nitrogen and oxygen atoms in total. The molecule has 0 fully saturated rings. The number of benzene rings is 1. The number of fused-ring (bicyclic) bond motifs is 1. The van der Waals surface area contributed by atoms with E-state index in [2.05, 4.69) is 10.1 Å². The fourth-order valence-corrected chi connectivity index (χ4v) is 3.10. The second kappa shape index (κ2) is 5.73. The number of thiazole rings is 1. The van der Waals surface area contributed by atoms with E-state index >= 15 is 0 Å². The molecule has 114 valence electrons. The van der Waals surface area contributed by atoms with E-state index in [4.69, 9.17) is 8.83 Å². The largest absolute Gasteiger partial charge is 0.463 e. The molecule has 0 spiro atoms. The van der Waals surface area contributed by atoms with E-state index in [9.17, 15) is 0 Å². The lowest BCUT2D eigenvalue weighted by Crippen LogP contribution is -2.11. The quantitative estimate of drug-likeness (QED) is 0.536. The molecule has 0 aliphatic heterocycles. The van der Waals surface area contributed by atoms with Crippen LogP contribution in [0.25, 0.3) is 22.4 Å². The van der Waals surface area contributed by atoms with Gasteiger partial charge in [-0.05, 0) is 24.3 Å². The SMILES string of the molecule is CN=c1scc(-c2cc3ccccc3o2)n1N=Cc1ccco1.